The maximum atomic E-state index is 2.39. The van der Waals surface area contributed by atoms with Crippen molar-refractivity contribution in [1.29, 1.82) is 0 Å². The summed E-state index contributed by atoms with van der Waals surface area (Å²) in [6.45, 7) is 7.17. The molecule has 19 heavy (non-hydrogen) atoms. The van der Waals surface area contributed by atoms with Crippen molar-refractivity contribution in [2.24, 2.45) is 0 Å². The molecule has 1 fully saturated rings. The molecule has 1 saturated carbocycles. The molecular formula is C18H39P. The van der Waals surface area contributed by atoms with E-state index in [1.165, 1.54) is 50.6 Å². The first kappa shape index (κ1) is 17.5. The molecule has 0 aliphatic heterocycles. The zero-order valence-corrected chi connectivity index (χ0v) is 15.0. The van der Waals surface area contributed by atoms with Gasteiger partial charge in [0.05, 0.1) is 0 Å². The van der Waals surface area contributed by atoms with Gasteiger partial charge in [-0.05, 0) is 0 Å². The molecule has 1 aliphatic rings. The predicted octanol–water partition coefficient (Wildman–Crippen LogP) is 6.47. The van der Waals surface area contributed by atoms with E-state index in [0.29, 0.717) is 0 Å². The third-order valence-electron chi connectivity index (χ3n) is 5.56. The molecule has 0 heterocycles. The van der Waals surface area contributed by atoms with Gasteiger partial charge in [-0.3, -0.25) is 0 Å². The quantitative estimate of drug-likeness (QED) is 0.404. The predicted molar refractivity (Wildman–Crippen MR) is 94.5 cm³/mol. The Balaban J connectivity index is 2.73. The first-order valence-corrected chi connectivity index (χ1v) is 12.0. The Kier molecular flexibility index (Phi) is 9.38. The summed E-state index contributed by atoms with van der Waals surface area (Å²) >= 11 is 0. The zero-order chi connectivity index (χ0) is 14.0. The second kappa shape index (κ2) is 10.2. The molecule has 116 valence electrons. The van der Waals surface area contributed by atoms with Gasteiger partial charge >= 0.3 is 123 Å². The van der Waals surface area contributed by atoms with Crippen molar-refractivity contribution in [3.8, 4) is 0 Å². The monoisotopic (exact) mass is 286 g/mol. The van der Waals surface area contributed by atoms with E-state index in [2.05, 4.69) is 20.8 Å². The Morgan fingerprint density at radius 3 is 1.47 bits per heavy atom. The summed E-state index contributed by atoms with van der Waals surface area (Å²) in [5, 5.41) is 0. The Labute approximate surface area is 123 Å². The Morgan fingerprint density at radius 1 is 0.684 bits per heavy atom. The molecular weight excluding hydrogens is 247 g/mol. The van der Waals surface area contributed by atoms with E-state index in [1.54, 1.807) is 44.2 Å². The number of unbranched alkanes of at least 4 members (excludes halogenated alkanes) is 3. The molecule has 1 heteroatoms. The van der Waals surface area contributed by atoms with Gasteiger partial charge in [-0.25, -0.2) is 0 Å². The SMILES string of the molecule is CCCC[PH](CCCC)(CCCC)C1CCCCC1. The molecule has 0 aromatic carbocycles. The fraction of sp³-hybridized carbons (Fsp3) is 1.00. The molecule has 0 aromatic heterocycles. The molecule has 0 radical (unpaired) electrons. The average Bonchev–Trinajstić information content (AvgIpc) is 2.48. The van der Waals surface area contributed by atoms with Crippen molar-refractivity contribution >= 4 is 7.26 Å². The van der Waals surface area contributed by atoms with Crippen LogP contribution in [-0.4, -0.2) is 24.1 Å². The standard InChI is InChI=1S/C18H39P/c1-4-7-15-19(16-8-5-2,17-9-6-3)18-13-11-10-12-14-18/h18-19H,4-17H2,1-3H3. The second-order valence-electron chi connectivity index (χ2n) is 7.01. The minimum atomic E-state index is -0.958. The van der Waals surface area contributed by atoms with Crippen molar-refractivity contribution in [2.45, 2.75) is 97.1 Å². The van der Waals surface area contributed by atoms with Crippen LogP contribution in [0, 0.1) is 0 Å². The van der Waals surface area contributed by atoms with Crippen molar-refractivity contribution in [1.82, 2.24) is 0 Å². The first-order chi connectivity index (χ1) is 9.29. The van der Waals surface area contributed by atoms with Gasteiger partial charge in [-0.1, -0.05) is 0 Å². The topological polar surface area (TPSA) is 0 Å². The molecule has 0 unspecified atom stereocenters. The van der Waals surface area contributed by atoms with Crippen molar-refractivity contribution in [3.63, 3.8) is 0 Å². The Bertz CT molecular complexity index is 184. The van der Waals surface area contributed by atoms with E-state index >= 15 is 0 Å². The van der Waals surface area contributed by atoms with Gasteiger partial charge in [-0.2, -0.15) is 0 Å². The first-order valence-electron chi connectivity index (χ1n) is 9.29. The second-order valence-corrected chi connectivity index (χ2v) is 12.0. The summed E-state index contributed by atoms with van der Waals surface area (Å²) in [5.41, 5.74) is 1.20. The van der Waals surface area contributed by atoms with Gasteiger partial charge in [0.1, 0.15) is 0 Å². The van der Waals surface area contributed by atoms with E-state index in [0.717, 1.165) is 0 Å². The molecule has 0 atom stereocenters. The molecule has 1 aliphatic carbocycles. The van der Waals surface area contributed by atoms with Gasteiger partial charge in [0.25, 0.3) is 0 Å². The van der Waals surface area contributed by atoms with E-state index in [-0.39, 0.29) is 0 Å². The minimum absolute atomic E-state index is 0.958. The van der Waals surface area contributed by atoms with Crippen LogP contribution in [0.4, 0.5) is 0 Å². The molecule has 0 nitrogen and oxygen atoms in total. The van der Waals surface area contributed by atoms with Gasteiger partial charge < -0.3 is 0 Å². The van der Waals surface area contributed by atoms with Crippen molar-refractivity contribution in [2.75, 3.05) is 18.5 Å². The summed E-state index contributed by atoms with van der Waals surface area (Å²) in [5.74, 6) is 0. The average molecular weight is 286 g/mol. The third kappa shape index (κ3) is 5.74. The van der Waals surface area contributed by atoms with Gasteiger partial charge in [-0.15, -0.1) is 0 Å². The summed E-state index contributed by atoms with van der Waals surface area (Å²) < 4.78 is 0. The van der Waals surface area contributed by atoms with Gasteiger partial charge in [0.15, 0.2) is 0 Å². The zero-order valence-electron chi connectivity index (χ0n) is 14.0. The van der Waals surface area contributed by atoms with Crippen LogP contribution in [0.25, 0.3) is 0 Å². The molecule has 0 bridgehead atoms. The van der Waals surface area contributed by atoms with Crippen LogP contribution in [0.3, 0.4) is 0 Å². The van der Waals surface area contributed by atoms with Crippen LogP contribution >= 0.6 is 7.26 Å². The van der Waals surface area contributed by atoms with Crippen LogP contribution in [0.1, 0.15) is 91.4 Å². The summed E-state index contributed by atoms with van der Waals surface area (Å²) in [6.07, 6.45) is 21.6. The number of hydrogen-bond acceptors (Lipinski definition) is 0. The van der Waals surface area contributed by atoms with Crippen LogP contribution in [0.2, 0.25) is 0 Å². The fourth-order valence-corrected chi connectivity index (χ4v) is 11.1. The van der Waals surface area contributed by atoms with Crippen LogP contribution < -0.4 is 0 Å². The van der Waals surface area contributed by atoms with E-state index in [9.17, 15) is 0 Å². The van der Waals surface area contributed by atoms with E-state index in [4.69, 9.17) is 0 Å². The molecule has 0 saturated heterocycles. The van der Waals surface area contributed by atoms with E-state index < -0.39 is 7.26 Å². The third-order valence-corrected chi connectivity index (χ3v) is 11.9. The summed E-state index contributed by atoms with van der Waals surface area (Å²) in [4.78, 5) is 0. The number of hydrogen-bond donors (Lipinski definition) is 0. The van der Waals surface area contributed by atoms with Gasteiger partial charge in [0.2, 0.25) is 0 Å². The number of rotatable bonds is 10. The van der Waals surface area contributed by atoms with Gasteiger partial charge in [0, 0.05) is 0 Å². The van der Waals surface area contributed by atoms with Crippen LogP contribution in [-0.2, 0) is 0 Å². The summed E-state index contributed by atoms with van der Waals surface area (Å²) in [6, 6.07) is 0. The molecule has 0 amide bonds. The van der Waals surface area contributed by atoms with Crippen LogP contribution in [0.5, 0.6) is 0 Å². The molecule has 1 rings (SSSR count). The van der Waals surface area contributed by atoms with Crippen molar-refractivity contribution < 1.29 is 0 Å². The molecule has 0 spiro atoms. The Morgan fingerprint density at radius 2 is 1.11 bits per heavy atom. The maximum absolute atomic E-state index is 2.39. The summed E-state index contributed by atoms with van der Waals surface area (Å²) in [7, 11) is -0.958. The fourth-order valence-electron chi connectivity index (χ4n) is 4.29. The molecule has 0 aromatic rings. The van der Waals surface area contributed by atoms with E-state index in [1.807, 2.05) is 0 Å². The molecule has 0 N–H and O–H groups in total. The van der Waals surface area contributed by atoms with Crippen molar-refractivity contribution in [3.05, 3.63) is 0 Å². The Hall–Kier alpha value is 0.430. The normalized spacial score (nSPS) is 18.7. The van der Waals surface area contributed by atoms with Crippen LogP contribution in [0.15, 0.2) is 0 Å².